The standard InChI is InChI=1S/C16H17NO2S2/c1-2-13-20(14-15-9-5-3-6-10-15)17-21(18,19)16-11-7-4-8-12-16/h2-12H,1,13-14H2. The molecule has 2 rings (SSSR count). The smallest absolute Gasteiger partial charge is 0.199 e. The van der Waals surface area contributed by atoms with Crippen LogP contribution in [0.25, 0.3) is 0 Å². The molecule has 1 unspecified atom stereocenters. The van der Waals surface area contributed by atoms with Gasteiger partial charge in [-0.15, -0.1) is 10.3 Å². The van der Waals surface area contributed by atoms with Gasteiger partial charge in [0.1, 0.15) is 0 Å². The number of benzene rings is 2. The highest BCUT2D eigenvalue weighted by molar-refractivity contribution is 7.99. The normalized spacial score (nSPS) is 13.0. The highest BCUT2D eigenvalue weighted by Gasteiger charge is 2.13. The first-order valence-electron chi connectivity index (χ1n) is 6.47. The summed E-state index contributed by atoms with van der Waals surface area (Å²) in [5.74, 6) is 1.17. The molecule has 0 aliphatic heterocycles. The number of rotatable bonds is 6. The van der Waals surface area contributed by atoms with Crippen molar-refractivity contribution in [1.29, 1.82) is 0 Å². The predicted molar refractivity (Wildman–Crippen MR) is 88.6 cm³/mol. The molecule has 0 radical (unpaired) electrons. The van der Waals surface area contributed by atoms with Crippen molar-refractivity contribution in [2.75, 3.05) is 5.75 Å². The zero-order valence-corrected chi connectivity index (χ0v) is 13.2. The van der Waals surface area contributed by atoms with Gasteiger partial charge in [0.15, 0.2) is 0 Å². The quantitative estimate of drug-likeness (QED) is 0.764. The molecule has 110 valence electrons. The predicted octanol–water partition coefficient (Wildman–Crippen LogP) is 3.56. The summed E-state index contributed by atoms with van der Waals surface area (Å²) in [7, 11) is -4.24. The van der Waals surface area contributed by atoms with E-state index < -0.39 is 20.7 Å². The molecule has 0 spiro atoms. The van der Waals surface area contributed by atoms with Gasteiger partial charge in [0.05, 0.1) is 4.90 Å². The van der Waals surface area contributed by atoms with Crippen molar-refractivity contribution >= 4 is 20.7 Å². The molecule has 0 heterocycles. The third-order valence-corrected chi connectivity index (χ3v) is 6.51. The van der Waals surface area contributed by atoms with E-state index in [9.17, 15) is 8.42 Å². The third kappa shape index (κ3) is 4.65. The van der Waals surface area contributed by atoms with Crippen LogP contribution in [-0.2, 0) is 26.5 Å². The molecule has 0 fully saturated rings. The van der Waals surface area contributed by atoms with E-state index in [1.807, 2.05) is 30.3 Å². The van der Waals surface area contributed by atoms with Crippen LogP contribution in [0.4, 0.5) is 0 Å². The van der Waals surface area contributed by atoms with Gasteiger partial charge in [-0.25, -0.2) is 0 Å². The van der Waals surface area contributed by atoms with Crippen LogP contribution in [0.3, 0.4) is 0 Å². The van der Waals surface area contributed by atoms with Crippen LogP contribution in [0.1, 0.15) is 5.56 Å². The molecule has 0 amide bonds. The SMILES string of the molecule is C=CCS(Cc1ccccc1)=NS(=O)(=O)c1ccccc1. The van der Waals surface area contributed by atoms with Crippen molar-refractivity contribution in [1.82, 2.24) is 0 Å². The van der Waals surface area contributed by atoms with Gasteiger partial charge in [-0.1, -0.05) is 65.3 Å². The van der Waals surface area contributed by atoms with E-state index in [1.54, 1.807) is 36.4 Å². The van der Waals surface area contributed by atoms with E-state index in [0.29, 0.717) is 11.5 Å². The van der Waals surface area contributed by atoms with Crippen molar-refractivity contribution in [3.63, 3.8) is 0 Å². The van der Waals surface area contributed by atoms with E-state index in [1.165, 1.54) is 0 Å². The van der Waals surface area contributed by atoms with Crippen molar-refractivity contribution in [3.8, 4) is 0 Å². The van der Waals surface area contributed by atoms with Crippen molar-refractivity contribution in [2.45, 2.75) is 10.6 Å². The Morgan fingerprint density at radius 1 is 1.00 bits per heavy atom. The van der Waals surface area contributed by atoms with Crippen LogP contribution in [0.5, 0.6) is 0 Å². The summed E-state index contributed by atoms with van der Waals surface area (Å²) in [6.07, 6.45) is 1.72. The minimum absolute atomic E-state index is 0.236. The van der Waals surface area contributed by atoms with Crippen LogP contribution >= 0.6 is 0 Å². The Bertz CT molecular complexity index is 723. The summed E-state index contributed by atoms with van der Waals surface area (Å²) in [4.78, 5) is 0.236. The number of sulfonamides is 1. The van der Waals surface area contributed by atoms with E-state index in [-0.39, 0.29) is 4.90 Å². The lowest BCUT2D eigenvalue weighted by Gasteiger charge is -2.07. The Morgan fingerprint density at radius 2 is 1.57 bits per heavy atom. The molecule has 2 aromatic rings. The third-order valence-electron chi connectivity index (χ3n) is 2.73. The summed E-state index contributed by atoms with van der Waals surface area (Å²) >= 11 is 0. The number of hydrogen-bond donors (Lipinski definition) is 0. The van der Waals surface area contributed by atoms with Crippen molar-refractivity contribution < 1.29 is 8.42 Å². The second-order valence-corrected chi connectivity index (χ2v) is 7.97. The van der Waals surface area contributed by atoms with Gasteiger partial charge in [-0.05, 0) is 17.7 Å². The Labute approximate surface area is 128 Å². The van der Waals surface area contributed by atoms with Crippen LogP contribution in [-0.4, -0.2) is 14.2 Å². The molecule has 5 heteroatoms. The minimum Gasteiger partial charge on any atom is -0.199 e. The molecule has 0 bridgehead atoms. The number of nitrogens with zero attached hydrogens (tertiary/aromatic N) is 1. The lowest BCUT2D eigenvalue weighted by molar-refractivity contribution is 0.598. The van der Waals surface area contributed by atoms with Gasteiger partial charge in [0.25, 0.3) is 10.0 Å². The van der Waals surface area contributed by atoms with Gasteiger partial charge in [0.2, 0.25) is 0 Å². The molecule has 0 N–H and O–H groups in total. The first-order chi connectivity index (χ1) is 10.1. The second kappa shape index (κ2) is 7.33. The monoisotopic (exact) mass is 319 g/mol. The Balaban J connectivity index is 2.31. The summed E-state index contributed by atoms with van der Waals surface area (Å²) in [6.45, 7) is 3.70. The Morgan fingerprint density at radius 3 is 2.14 bits per heavy atom. The van der Waals surface area contributed by atoms with E-state index in [4.69, 9.17) is 0 Å². The van der Waals surface area contributed by atoms with Gasteiger partial charge < -0.3 is 0 Å². The largest absolute Gasteiger partial charge is 0.287 e. The fourth-order valence-electron chi connectivity index (χ4n) is 1.79. The Hall–Kier alpha value is -1.72. The lowest BCUT2D eigenvalue weighted by Crippen LogP contribution is -2.04. The molecule has 21 heavy (non-hydrogen) atoms. The molecule has 3 nitrogen and oxygen atoms in total. The van der Waals surface area contributed by atoms with Gasteiger partial charge in [-0.3, -0.25) is 0 Å². The fourth-order valence-corrected chi connectivity index (χ4v) is 5.17. The molecule has 0 aliphatic carbocycles. The molecular formula is C16H17NO2S2. The molecular weight excluding hydrogens is 302 g/mol. The summed E-state index contributed by atoms with van der Waals surface area (Å²) in [5, 5.41) is 0. The maximum Gasteiger partial charge on any atom is 0.287 e. The van der Waals surface area contributed by atoms with Gasteiger partial charge in [0, 0.05) is 11.5 Å². The average Bonchev–Trinajstić information content (AvgIpc) is 2.49. The second-order valence-electron chi connectivity index (χ2n) is 4.41. The van der Waals surface area contributed by atoms with Crippen LogP contribution < -0.4 is 0 Å². The maximum absolute atomic E-state index is 12.3. The molecule has 2 aromatic carbocycles. The zero-order valence-electron chi connectivity index (χ0n) is 11.6. The number of hydrogen-bond acceptors (Lipinski definition) is 2. The van der Waals surface area contributed by atoms with Crippen LogP contribution in [0, 0.1) is 0 Å². The van der Waals surface area contributed by atoms with Crippen LogP contribution in [0.2, 0.25) is 0 Å². The van der Waals surface area contributed by atoms with E-state index in [2.05, 4.69) is 10.3 Å². The maximum atomic E-state index is 12.3. The first kappa shape index (κ1) is 15.7. The minimum atomic E-state index is -3.61. The molecule has 0 aromatic heterocycles. The van der Waals surface area contributed by atoms with Gasteiger partial charge in [-0.2, -0.15) is 8.42 Å². The molecule has 0 saturated heterocycles. The van der Waals surface area contributed by atoms with Gasteiger partial charge >= 0.3 is 0 Å². The average molecular weight is 319 g/mol. The van der Waals surface area contributed by atoms with E-state index >= 15 is 0 Å². The summed E-state index contributed by atoms with van der Waals surface area (Å²) < 4.78 is 28.7. The first-order valence-corrected chi connectivity index (χ1v) is 9.43. The summed E-state index contributed by atoms with van der Waals surface area (Å²) in [6, 6.07) is 18.1. The lowest BCUT2D eigenvalue weighted by atomic mass is 10.2. The van der Waals surface area contributed by atoms with Crippen LogP contribution in [0.15, 0.2) is 82.0 Å². The zero-order chi connectivity index (χ0) is 15.1. The molecule has 0 aliphatic rings. The highest BCUT2D eigenvalue weighted by Crippen LogP contribution is 2.15. The Kier molecular flexibility index (Phi) is 5.47. The summed E-state index contributed by atoms with van der Waals surface area (Å²) in [5.41, 5.74) is 1.08. The highest BCUT2D eigenvalue weighted by atomic mass is 32.3. The fraction of sp³-hybridized carbons (Fsp3) is 0.125. The van der Waals surface area contributed by atoms with Crippen molar-refractivity contribution in [3.05, 3.63) is 78.9 Å². The molecule has 1 atom stereocenters. The molecule has 0 saturated carbocycles. The van der Waals surface area contributed by atoms with Crippen molar-refractivity contribution in [2.24, 2.45) is 3.77 Å². The van der Waals surface area contributed by atoms with E-state index in [0.717, 1.165) is 5.56 Å². The topological polar surface area (TPSA) is 46.5 Å².